The number of fused-ring (bicyclic) bond motifs is 1. The Balaban J connectivity index is 1.84. The van der Waals surface area contributed by atoms with Crippen molar-refractivity contribution in [1.82, 2.24) is 4.90 Å². The zero-order valence-electron chi connectivity index (χ0n) is 12.0. The Morgan fingerprint density at radius 2 is 2.19 bits per heavy atom. The number of carbonyl (C=O) groups is 1. The predicted molar refractivity (Wildman–Crippen MR) is 81.6 cm³/mol. The second kappa shape index (κ2) is 5.97. The number of nitriles is 1. The van der Waals surface area contributed by atoms with E-state index in [-0.39, 0.29) is 5.91 Å². The Labute approximate surface area is 125 Å². The second-order valence-corrected chi connectivity index (χ2v) is 5.47. The van der Waals surface area contributed by atoms with Gasteiger partial charge in [-0.05, 0) is 49.0 Å². The Bertz CT molecular complexity index is 664. The van der Waals surface area contributed by atoms with Crippen molar-refractivity contribution in [2.75, 3.05) is 6.54 Å². The third-order valence-corrected chi connectivity index (χ3v) is 4.06. The predicted octanol–water partition coefficient (Wildman–Crippen LogP) is 3.37. The van der Waals surface area contributed by atoms with E-state index in [1.165, 1.54) is 0 Å². The summed E-state index contributed by atoms with van der Waals surface area (Å²) in [7, 11) is 0. The van der Waals surface area contributed by atoms with Crippen molar-refractivity contribution in [3.8, 4) is 6.07 Å². The van der Waals surface area contributed by atoms with E-state index in [0.29, 0.717) is 6.42 Å². The highest BCUT2D eigenvalue weighted by atomic mass is 16.2. The molecule has 0 saturated carbocycles. The van der Waals surface area contributed by atoms with E-state index in [9.17, 15) is 4.79 Å². The molecule has 1 aromatic carbocycles. The van der Waals surface area contributed by atoms with Gasteiger partial charge in [-0.15, -0.1) is 0 Å². The van der Waals surface area contributed by atoms with E-state index < -0.39 is 0 Å². The van der Waals surface area contributed by atoms with Gasteiger partial charge in [0.25, 0.3) is 5.91 Å². The van der Waals surface area contributed by atoms with Gasteiger partial charge in [0.2, 0.25) is 0 Å². The molecule has 1 aliphatic carbocycles. The molecule has 0 radical (unpaired) electrons. The van der Waals surface area contributed by atoms with E-state index in [1.807, 2.05) is 23.1 Å². The summed E-state index contributed by atoms with van der Waals surface area (Å²) in [5.74, 6) is 0.0980. The van der Waals surface area contributed by atoms with E-state index >= 15 is 0 Å². The maximum absolute atomic E-state index is 12.6. The number of aryl methyl sites for hydroxylation is 1. The molecule has 0 spiro atoms. The van der Waals surface area contributed by atoms with Gasteiger partial charge in [0.05, 0.1) is 6.07 Å². The maximum Gasteiger partial charge on any atom is 0.258 e. The Kier molecular flexibility index (Phi) is 3.87. The molecular weight excluding hydrogens is 260 g/mol. The quantitative estimate of drug-likeness (QED) is 0.850. The van der Waals surface area contributed by atoms with Crippen molar-refractivity contribution in [2.24, 2.45) is 0 Å². The molecule has 0 N–H and O–H groups in total. The lowest BCUT2D eigenvalue weighted by Gasteiger charge is -2.30. The molecule has 0 unspecified atom stereocenters. The minimum atomic E-state index is 0.0980. The molecule has 2 aliphatic rings. The summed E-state index contributed by atoms with van der Waals surface area (Å²) in [6, 6.07) is 8.15. The maximum atomic E-state index is 12.6. The lowest BCUT2D eigenvalue weighted by atomic mass is 9.94. The van der Waals surface area contributed by atoms with Gasteiger partial charge in [0, 0.05) is 24.2 Å². The molecule has 1 amide bonds. The average molecular weight is 278 g/mol. The highest BCUT2D eigenvalue weighted by molar-refractivity contribution is 5.98. The summed E-state index contributed by atoms with van der Waals surface area (Å²) in [4.78, 5) is 14.5. The number of carbonyl (C=O) groups excluding carboxylic acids is 1. The van der Waals surface area contributed by atoms with Gasteiger partial charge in [-0.25, -0.2) is 0 Å². The van der Waals surface area contributed by atoms with Crippen LogP contribution in [0.15, 0.2) is 42.1 Å². The first-order valence-electron chi connectivity index (χ1n) is 7.47. The van der Waals surface area contributed by atoms with Crippen LogP contribution in [-0.2, 0) is 12.8 Å². The van der Waals surface area contributed by atoms with Gasteiger partial charge >= 0.3 is 0 Å². The van der Waals surface area contributed by atoms with Gasteiger partial charge in [-0.1, -0.05) is 24.3 Å². The molecule has 106 valence electrons. The number of amides is 1. The fourth-order valence-corrected chi connectivity index (χ4v) is 2.94. The fourth-order valence-electron chi connectivity index (χ4n) is 2.94. The van der Waals surface area contributed by atoms with E-state index in [2.05, 4.69) is 24.3 Å². The third kappa shape index (κ3) is 2.75. The van der Waals surface area contributed by atoms with Crippen LogP contribution in [0.3, 0.4) is 0 Å². The minimum absolute atomic E-state index is 0.0980. The SMILES string of the molecule is N#CCCc1ccc2c(c1)CCN(C1=CCCC=C1)C2=O. The van der Waals surface area contributed by atoms with Crippen molar-refractivity contribution in [3.63, 3.8) is 0 Å². The van der Waals surface area contributed by atoms with Crippen LogP contribution in [-0.4, -0.2) is 17.4 Å². The molecule has 1 aromatic rings. The second-order valence-electron chi connectivity index (χ2n) is 5.47. The first-order chi connectivity index (χ1) is 10.3. The van der Waals surface area contributed by atoms with Crippen LogP contribution < -0.4 is 0 Å². The first kappa shape index (κ1) is 13.6. The van der Waals surface area contributed by atoms with Gasteiger partial charge in [0.15, 0.2) is 0 Å². The van der Waals surface area contributed by atoms with Crippen LogP contribution in [0.25, 0.3) is 0 Å². The van der Waals surface area contributed by atoms with Crippen molar-refractivity contribution in [1.29, 1.82) is 5.26 Å². The molecule has 0 saturated heterocycles. The molecule has 0 bridgehead atoms. The molecule has 0 fully saturated rings. The smallest absolute Gasteiger partial charge is 0.258 e. The van der Waals surface area contributed by atoms with Crippen molar-refractivity contribution < 1.29 is 4.79 Å². The third-order valence-electron chi connectivity index (χ3n) is 4.06. The summed E-state index contributed by atoms with van der Waals surface area (Å²) in [5, 5.41) is 8.66. The number of allylic oxidation sites excluding steroid dienone is 3. The molecule has 3 heteroatoms. The number of hydrogen-bond donors (Lipinski definition) is 0. The van der Waals surface area contributed by atoms with Crippen LogP contribution in [0.5, 0.6) is 0 Å². The summed E-state index contributed by atoms with van der Waals surface area (Å²) < 4.78 is 0. The molecule has 1 heterocycles. The van der Waals surface area contributed by atoms with Crippen molar-refractivity contribution in [3.05, 3.63) is 58.8 Å². The van der Waals surface area contributed by atoms with E-state index in [4.69, 9.17) is 5.26 Å². The normalized spacial score (nSPS) is 17.2. The topological polar surface area (TPSA) is 44.1 Å². The van der Waals surface area contributed by atoms with Crippen LogP contribution in [0.2, 0.25) is 0 Å². The van der Waals surface area contributed by atoms with Gasteiger partial charge in [-0.2, -0.15) is 5.26 Å². The summed E-state index contributed by atoms with van der Waals surface area (Å²) in [5.41, 5.74) is 4.10. The number of rotatable bonds is 3. The summed E-state index contributed by atoms with van der Waals surface area (Å²) in [6.07, 6.45) is 10.6. The van der Waals surface area contributed by atoms with Crippen LogP contribution in [0.4, 0.5) is 0 Å². The lowest BCUT2D eigenvalue weighted by Crippen LogP contribution is -2.36. The largest absolute Gasteiger partial charge is 0.308 e. The van der Waals surface area contributed by atoms with Gasteiger partial charge < -0.3 is 4.90 Å². The highest BCUT2D eigenvalue weighted by Crippen LogP contribution is 2.25. The zero-order chi connectivity index (χ0) is 14.7. The summed E-state index contributed by atoms with van der Waals surface area (Å²) in [6.45, 7) is 0.740. The van der Waals surface area contributed by atoms with E-state index in [0.717, 1.165) is 54.6 Å². The molecule has 3 rings (SSSR count). The van der Waals surface area contributed by atoms with Crippen molar-refractivity contribution >= 4 is 5.91 Å². The van der Waals surface area contributed by atoms with Crippen LogP contribution in [0.1, 0.15) is 40.7 Å². The molecule has 3 nitrogen and oxygen atoms in total. The Morgan fingerprint density at radius 3 is 2.95 bits per heavy atom. The summed E-state index contributed by atoms with van der Waals surface area (Å²) >= 11 is 0. The number of nitrogens with zero attached hydrogens (tertiary/aromatic N) is 2. The van der Waals surface area contributed by atoms with Gasteiger partial charge in [-0.3, -0.25) is 4.79 Å². The Hall–Kier alpha value is -2.34. The average Bonchev–Trinajstić information content (AvgIpc) is 2.54. The molecule has 1 aliphatic heterocycles. The molecule has 0 aromatic heterocycles. The van der Waals surface area contributed by atoms with Crippen LogP contribution in [0, 0.1) is 11.3 Å². The fraction of sp³-hybridized carbons (Fsp3) is 0.333. The van der Waals surface area contributed by atoms with Crippen LogP contribution >= 0.6 is 0 Å². The molecule has 0 atom stereocenters. The van der Waals surface area contributed by atoms with Crippen molar-refractivity contribution in [2.45, 2.75) is 32.1 Å². The standard InChI is InChI=1S/C18H18N2O/c19-11-4-5-14-8-9-17-15(13-14)10-12-20(18(17)21)16-6-2-1-3-7-16/h2,6-9,13H,1,3-5,10,12H2. The Morgan fingerprint density at radius 1 is 1.29 bits per heavy atom. The highest BCUT2D eigenvalue weighted by Gasteiger charge is 2.26. The number of benzene rings is 1. The minimum Gasteiger partial charge on any atom is -0.308 e. The monoisotopic (exact) mass is 278 g/mol. The first-order valence-corrected chi connectivity index (χ1v) is 7.47. The zero-order valence-corrected chi connectivity index (χ0v) is 12.0. The number of hydrogen-bond acceptors (Lipinski definition) is 2. The van der Waals surface area contributed by atoms with Gasteiger partial charge in [0.1, 0.15) is 0 Å². The molecular formula is C18H18N2O. The molecule has 21 heavy (non-hydrogen) atoms. The van der Waals surface area contributed by atoms with E-state index in [1.54, 1.807) is 0 Å². The lowest BCUT2D eigenvalue weighted by molar-refractivity contribution is 0.0796.